The Bertz CT molecular complexity index is 926. The highest BCUT2D eigenvalue weighted by Gasteiger charge is 2.13. The molecule has 3 aromatic rings. The standard InChI is InChI=1S/C18H16N2O2/c1-11-7-8-12(2)16(9-11)20-18(22)14-10-13-5-3-4-6-15(13)19-17(14)21/h3-10H,1-2H3,(H,19,21)(H,20,22). The van der Waals surface area contributed by atoms with Gasteiger partial charge < -0.3 is 10.3 Å². The van der Waals surface area contributed by atoms with Crippen LogP contribution in [0.3, 0.4) is 0 Å². The van der Waals surface area contributed by atoms with E-state index < -0.39 is 5.91 Å². The lowest BCUT2D eigenvalue weighted by Crippen LogP contribution is -2.23. The Labute approximate surface area is 127 Å². The molecule has 0 aliphatic carbocycles. The van der Waals surface area contributed by atoms with Gasteiger partial charge in [0.05, 0.1) is 0 Å². The van der Waals surface area contributed by atoms with Gasteiger partial charge in [-0.25, -0.2) is 0 Å². The van der Waals surface area contributed by atoms with Crippen molar-refractivity contribution < 1.29 is 4.79 Å². The van der Waals surface area contributed by atoms with E-state index in [9.17, 15) is 9.59 Å². The first kappa shape index (κ1) is 14.1. The third-order valence-corrected chi connectivity index (χ3v) is 3.64. The molecule has 0 unspecified atom stereocenters. The molecular weight excluding hydrogens is 276 g/mol. The number of hydrogen-bond acceptors (Lipinski definition) is 2. The van der Waals surface area contributed by atoms with E-state index in [1.165, 1.54) is 0 Å². The van der Waals surface area contributed by atoms with Crippen LogP contribution in [0.15, 0.2) is 53.3 Å². The summed E-state index contributed by atoms with van der Waals surface area (Å²) in [5.41, 5.74) is 3.17. The number of hydrogen-bond donors (Lipinski definition) is 2. The van der Waals surface area contributed by atoms with Crippen molar-refractivity contribution in [1.82, 2.24) is 4.98 Å². The number of carbonyl (C=O) groups excluding carboxylic acids is 1. The number of nitrogens with one attached hydrogen (secondary N) is 2. The van der Waals surface area contributed by atoms with Crippen LogP contribution in [-0.2, 0) is 0 Å². The molecule has 0 radical (unpaired) electrons. The molecule has 0 aliphatic rings. The first-order valence-electron chi connectivity index (χ1n) is 7.05. The summed E-state index contributed by atoms with van der Waals surface area (Å²) < 4.78 is 0. The molecule has 0 saturated carbocycles. The Kier molecular flexibility index (Phi) is 3.51. The number of amides is 1. The Morgan fingerprint density at radius 3 is 2.64 bits per heavy atom. The predicted molar refractivity (Wildman–Crippen MR) is 88.4 cm³/mol. The monoisotopic (exact) mass is 292 g/mol. The average molecular weight is 292 g/mol. The highest BCUT2D eigenvalue weighted by Crippen LogP contribution is 2.17. The van der Waals surface area contributed by atoms with Crippen LogP contribution in [-0.4, -0.2) is 10.9 Å². The fraction of sp³-hybridized carbons (Fsp3) is 0.111. The molecule has 110 valence electrons. The molecule has 0 bridgehead atoms. The summed E-state index contributed by atoms with van der Waals surface area (Å²) >= 11 is 0. The number of aromatic nitrogens is 1. The highest BCUT2D eigenvalue weighted by atomic mass is 16.2. The minimum Gasteiger partial charge on any atom is -0.322 e. The number of carbonyl (C=O) groups is 1. The van der Waals surface area contributed by atoms with Crippen molar-refractivity contribution in [2.45, 2.75) is 13.8 Å². The fourth-order valence-electron chi connectivity index (χ4n) is 2.38. The van der Waals surface area contributed by atoms with Gasteiger partial charge in [-0.05, 0) is 48.6 Å². The number of anilines is 1. The van der Waals surface area contributed by atoms with Crippen molar-refractivity contribution in [2.24, 2.45) is 0 Å². The number of aryl methyl sites for hydroxylation is 2. The minimum atomic E-state index is -0.402. The van der Waals surface area contributed by atoms with Gasteiger partial charge in [-0.2, -0.15) is 0 Å². The summed E-state index contributed by atoms with van der Waals surface area (Å²) in [6.07, 6.45) is 0. The second-order valence-electron chi connectivity index (χ2n) is 5.37. The van der Waals surface area contributed by atoms with Gasteiger partial charge in [-0.15, -0.1) is 0 Å². The molecule has 1 amide bonds. The summed E-state index contributed by atoms with van der Waals surface area (Å²) in [7, 11) is 0. The van der Waals surface area contributed by atoms with Gasteiger partial charge >= 0.3 is 0 Å². The van der Waals surface area contributed by atoms with Crippen molar-refractivity contribution in [3.8, 4) is 0 Å². The molecule has 0 atom stereocenters. The maximum atomic E-state index is 12.4. The second kappa shape index (κ2) is 5.48. The van der Waals surface area contributed by atoms with Crippen molar-refractivity contribution in [3.05, 3.63) is 75.6 Å². The molecule has 22 heavy (non-hydrogen) atoms. The van der Waals surface area contributed by atoms with Gasteiger partial charge in [0.15, 0.2) is 0 Å². The van der Waals surface area contributed by atoms with Crippen LogP contribution in [0.2, 0.25) is 0 Å². The molecule has 0 saturated heterocycles. The van der Waals surface area contributed by atoms with E-state index in [4.69, 9.17) is 0 Å². The van der Waals surface area contributed by atoms with Gasteiger partial charge in [0, 0.05) is 11.2 Å². The SMILES string of the molecule is Cc1ccc(C)c(NC(=O)c2cc3ccccc3[nH]c2=O)c1. The van der Waals surface area contributed by atoms with E-state index in [1.807, 2.05) is 56.3 Å². The van der Waals surface area contributed by atoms with Crippen molar-refractivity contribution in [1.29, 1.82) is 0 Å². The molecule has 1 aromatic heterocycles. The molecule has 2 aromatic carbocycles. The summed E-state index contributed by atoms with van der Waals surface area (Å²) in [4.78, 5) is 27.2. The Balaban J connectivity index is 2.00. The van der Waals surface area contributed by atoms with Crippen molar-refractivity contribution in [3.63, 3.8) is 0 Å². The van der Waals surface area contributed by atoms with Crippen LogP contribution in [0.4, 0.5) is 5.69 Å². The van der Waals surface area contributed by atoms with E-state index in [2.05, 4.69) is 10.3 Å². The van der Waals surface area contributed by atoms with Gasteiger partial charge in [0.25, 0.3) is 11.5 Å². The normalized spacial score (nSPS) is 10.6. The van der Waals surface area contributed by atoms with E-state index in [0.29, 0.717) is 0 Å². The van der Waals surface area contributed by atoms with E-state index in [1.54, 1.807) is 6.07 Å². The molecule has 0 fully saturated rings. The molecule has 0 aliphatic heterocycles. The lowest BCUT2D eigenvalue weighted by molar-refractivity contribution is 0.102. The second-order valence-corrected chi connectivity index (χ2v) is 5.37. The van der Waals surface area contributed by atoms with Crippen LogP contribution >= 0.6 is 0 Å². The zero-order chi connectivity index (χ0) is 15.7. The summed E-state index contributed by atoms with van der Waals surface area (Å²) in [5.74, 6) is -0.402. The number of aromatic amines is 1. The molecule has 4 nitrogen and oxygen atoms in total. The van der Waals surface area contributed by atoms with E-state index in [-0.39, 0.29) is 11.1 Å². The van der Waals surface area contributed by atoms with Gasteiger partial charge in [-0.1, -0.05) is 30.3 Å². The summed E-state index contributed by atoms with van der Waals surface area (Å²) in [5, 5.41) is 3.64. The fourth-order valence-corrected chi connectivity index (χ4v) is 2.38. The molecule has 4 heteroatoms. The smallest absolute Gasteiger partial charge is 0.261 e. The zero-order valence-corrected chi connectivity index (χ0v) is 12.4. The number of fused-ring (bicyclic) bond motifs is 1. The Hall–Kier alpha value is -2.88. The Morgan fingerprint density at radius 1 is 1.05 bits per heavy atom. The van der Waals surface area contributed by atoms with Gasteiger partial charge in [-0.3, -0.25) is 9.59 Å². The minimum absolute atomic E-state index is 0.111. The lowest BCUT2D eigenvalue weighted by atomic mass is 10.1. The topological polar surface area (TPSA) is 62.0 Å². The van der Waals surface area contributed by atoms with Crippen LogP contribution in [0, 0.1) is 13.8 Å². The van der Waals surface area contributed by atoms with Crippen molar-refractivity contribution >= 4 is 22.5 Å². The molecule has 3 rings (SSSR count). The maximum Gasteiger partial charge on any atom is 0.261 e. The van der Waals surface area contributed by atoms with E-state index in [0.717, 1.165) is 27.7 Å². The predicted octanol–water partition coefficient (Wildman–Crippen LogP) is 3.40. The Morgan fingerprint density at radius 2 is 1.82 bits per heavy atom. The zero-order valence-electron chi connectivity index (χ0n) is 12.4. The summed E-state index contributed by atoms with van der Waals surface area (Å²) in [6.45, 7) is 3.87. The van der Waals surface area contributed by atoms with Gasteiger partial charge in [0.2, 0.25) is 0 Å². The lowest BCUT2D eigenvalue weighted by Gasteiger charge is -2.09. The van der Waals surface area contributed by atoms with Crippen LogP contribution in [0.25, 0.3) is 10.9 Å². The van der Waals surface area contributed by atoms with Crippen LogP contribution in [0.5, 0.6) is 0 Å². The van der Waals surface area contributed by atoms with E-state index >= 15 is 0 Å². The molecule has 1 heterocycles. The largest absolute Gasteiger partial charge is 0.322 e. The first-order chi connectivity index (χ1) is 10.5. The quantitative estimate of drug-likeness (QED) is 0.760. The highest BCUT2D eigenvalue weighted by molar-refractivity contribution is 6.06. The summed E-state index contributed by atoms with van der Waals surface area (Å²) in [6, 6.07) is 14.8. The molecular formula is C18H16N2O2. The third-order valence-electron chi connectivity index (χ3n) is 3.64. The number of para-hydroxylation sites is 1. The number of rotatable bonds is 2. The van der Waals surface area contributed by atoms with Crippen molar-refractivity contribution in [2.75, 3.05) is 5.32 Å². The van der Waals surface area contributed by atoms with Crippen LogP contribution < -0.4 is 10.9 Å². The molecule has 2 N–H and O–H groups in total. The number of benzene rings is 2. The molecule has 0 spiro atoms. The number of H-pyrrole nitrogens is 1. The third kappa shape index (κ3) is 2.63. The van der Waals surface area contributed by atoms with Crippen LogP contribution in [0.1, 0.15) is 21.5 Å². The maximum absolute atomic E-state index is 12.4. The number of pyridine rings is 1. The van der Waals surface area contributed by atoms with Gasteiger partial charge in [0.1, 0.15) is 5.56 Å². The first-order valence-corrected chi connectivity index (χ1v) is 7.05. The average Bonchev–Trinajstić information content (AvgIpc) is 2.50.